The van der Waals surface area contributed by atoms with Crippen molar-refractivity contribution in [2.24, 2.45) is 5.41 Å². The fourth-order valence-corrected chi connectivity index (χ4v) is 20.8. The SMILES string of the molecule is CC(=O)C(F)(F)CCSc1ccncc1-c1ccc(C#N)c2ccccc12.CC(=O)CC1(CSc2ccccc2-c2ccc(C#N)cc2)CC1.CC(=O)c1ccc(Sc2ccncc2-c2ccc(C#N)c3ccccc23)cc1.CC(=O)c1cccc(Sc2ccncc2-c2ccc(C#N)c3ccccc23)c1.CC(=O)c1ccccc1Sc1ccncc1-c1ccc(C#N)c2ccccc12. The van der Waals surface area contributed by atoms with Gasteiger partial charge in [-0.1, -0.05) is 229 Å². The van der Waals surface area contributed by atoms with Crippen LogP contribution in [0.4, 0.5) is 8.78 Å². The third-order valence-corrected chi connectivity index (χ3v) is 28.2. The van der Waals surface area contributed by atoms with E-state index < -0.39 is 18.1 Å². The van der Waals surface area contributed by atoms with Crippen LogP contribution in [-0.4, -0.2) is 66.3 Å². The molecule has 1 aliphatic rings. The van der Waals surface area contributed by atoms with Crippen molar-refractivity contribution >= 4 is 131 Å². The van der Waals surface area contributed by atoms with Gasteiger partial charge in [0.15, 0.2) is 23.1 Å². The summed E-state index contributed by atoms with van der Waals surface area (Å²) in [6.07, 6.45) is 16.7. The molecule has 4 aromatic heterocycles. The number of carbonyl (C=O) groups is 5. The molecule has 0 saturated heterocycles. The van der Waals surface area contributed by atoms with E-state index >= 15 is 0 Å². The topological polar surface area (TPSA) is 256 Å². The molecular formula is C113H83F2N9O5S5. The molecule has 0 N–H and O–H groups in total. The van der Waals surface area contributed by atoms with Gasteiger partial charge in [0.05, 0.1) is 58.2 Å². The van der Waals surface area contributed by atoms with E-state index in [-0.39, 0.29) is 28.5 Å². The lowest BCUT2D eigenvalue weighted by Gasteiger charge is -2.15. The number of ketones is 5. The highest BCUT2D eigenvalue weighted by atomic mass is 32.2. The molecule has 1 fully saturated rings. The number of carbonyl (C=O) groups excluding carboxylic acids is 5. The lowest BCUT2D eigenvalue weighted by atomic mass is 9.96. The van der Waals surface area contributed by atoms with Gasteiger partial charge < -0.3 is 4.79 Å². The van der Waals surface area contributed by atoms with Crippen molar-refractivity contribution in [3.8, 4) is 86.0 Å². The Morgan fingerprint density at radius 2 is 0.731 bits per heavy atom. The molecule has 654 valence electrons. The number of hydrogen-bond acceptors (Lipinski definition) is 19. The van der Waals surface area contributed by atoms with E-state index in [1.54, 1.807) is 106 Å². The lowest BCUT2D eigenvalue weighted by molar-refractivity contribution is -0.140. The number of benzene rings is 13. The average molecular weight is 1850 g/mol. The Morgan fingerprint density at radius 1 is 0.343 bits per heavy atom. The van der Waals surface area contributed by atoms with Gasteiger partial charge in [0.25, 0.3) is 0 Å². The van der Waals surface area contributed by atoms with Crippen molar-refractivity contribution < 1.29 is 32.8 Å². The fourth-order valence-electron chi connectivity index (χ4n) is 15.3. The van der Waals surface area contributed by atoms with Gasteiger partial charge in [0, 0.05) is 180 Å². The highest BCUT2D eigenvalue weighted by molar-refractivity contribution is 8.00. The van der Waals surface area contributed by atoms with E-state index in [2.05, 4.69) is 68.5 Å². The van der Waals surface area contributed by atoms with Crippen molar-refractivity contribution in [2.75, 3.05) is 11.5 Å². The van der Waals surface area contributed by atoms with Gasteiger partial charge in [-0.25, -0.2) is 0 Å². The summed E-state index contributed by atoms with van der Waals surface area (Å²) < 4.78 is 27.1. The Morgan fingerprint density at radius 3 is 1.14 bits per heavy atom. The highest BCUT2D eigenvalue weighted by Gasteiger charge is 2.43. The van der Waals surface area contributed by atoms with Crippen LogP contribution in [0.15, 0.2) is 380 Å². The van der Waals surface area contributed by atoms with Crippen molar-refractivity contribution in [1.82, 2.24) is 19.9 Å². The first-order chi connectivity index (χ1) is 65.1. The Labute approximate surface area is 797 Å². The van der Waals surface area contributed by atoms with E-state index in [0.717, 1.165) is 140 Å². The number of thioether (sulfide) groups is 2. The summed E-state index contributed by atoms with van der Waals surface area (Å²) in [5.74, 6) is -2.86. The maximum Gasteiger partial charge on any atom is 0.305 e. The maximum absolute atomic E-state index is 13.6. The number of nitrogens with zero attached hydrogens (tertiary/aromatic N) is 9. The number of fused-ring (bicyclic) bond motifs is 4. The molecule has 0 atom stereocenters. The summed E-state index contributed by atoms with van der Waals surface area (Å²) in [6.45, 7) is 7.32. The molecule has 4 heterocycles. The number of hydrogen-bond donors (Lipinski definition) is 0. The van der Waals surface area contributed by atoms with E-state index in [9.17, 15) is 53.8 Å². The van der Waals surface area contributed by atoms with Gasteiger partial charge >= 0.3 is 5.92 Å². The van der Waals surface area contributed by atoms with E-state index in [0.29, 0.717) is 56.7 Å². The Bertz CT molecular complexity index is 7560. The molecule has 18 rings (SSSR count). The van der Waals surface area contributed by atoms with Crippen LogP contribution < -0.4 is 0 Å². The second-order valence-corrected chi connectivity index (χ2v) is 37.0. The smallest absolute Gasteiger partial charge is 0.300 e. The molecule has 0 radical (unpaired) electrons. The molecule has 14 nitrogen and oxygen atoms in total. The van der Waals surface area contributed by atoms with Crippen LogP contribution in [0.5, 0.6) is 0 Å². The largest absolute Gasteiger partial charge is 0.305 e. The zero-order valence-electron chi connectivity index (χ0n) is 73.4. The molecule has 1 aliphatic carbocycles. The van der Waals surface area contributed by atoms with Crippen molar-refractivity contribution in [1.29, 1.82) is 26.3 Å². The summed E-state index contributed by atoms with van der Waals surface area (Å²) in [4.78, 5) is 82.9. The minimum absolute atomic E-state index is 0.0440. The van der Waals surface area contributed by atoms with E-state index in [1.165, 1.54) is 35.1 Å². The van der Waals surface area contributed by atoms with Crippen LogP contribution in [0.25, 0.3) is 98.7 Å². The van der Waals surface area contributed by atoms with Crippen LogP contribution in [-0.2, 0) is 9.59 Å². The molecule has 0 aliphatic heterocycles. The first-order valence-electron chi connectivity index (χ1n) is 42.6. The lowest BCUT2D eigenvalue weighted by Crippen LogP contribution is -2.26. The minimum atomic E-state index is -3.30. The number of rotatable bonds is 24. The summed E-state index contributed by atoms with van der Waals surface area (Å²) >= 11 is 7.90. The second kappa shape index (κ2) is 44.7. The Hall–Kier alpha value is -15.1. The Balaban J connectivity index is 0.000000135. The molecule has 21 heteroatoms. The standard InChI is InChI=1S/3C24H16N2OS.C21H16F2N2OS.C20H19NOS/c1-16(27)17-5-4-6-19(13-17)28-24-11-12-26-15-23(24)22-10-9-18(14-25)20-7-2-3-8-21(20)22;1-16(27)18-6-4-5-9-23(18)28-24-12-13-26-15-22(24)21-11-10-17(14-25)19-7-2-3-8-20(19)21;1-16(27)17-6-9-19(10-7-17)28-24-12-13-26-15-23(24)22-11-8-18(14-25)20-4-2-3-5-21(20)22;1-14(26)21(22,23)9-11-27-20-8-10-25-13-19(20)18-7-6-15(12-24)16-4-2-3-5-17(16)18;1-15(22)12-20(10-11-20)14-23-19-5-3-2-4-18(19)17-8-6-16(13-21)7-9-17/h3*2-13,15H,1H3;2-8,10,13H,9,11H2,1H3;2-9H,10-12,14H2,1H3. The fraction of sp³-hybridized carbons (Fsp3) is 0.115. The Kier molecular flexibility index (Phi) is 31.7. The van der Waals surface area contributed by atoms with Gasteiger partial charge in [-0.3, -0.25) is 39.1 Å². The van der Waals surface area contributed by atoms with Crippen molar-refractivity contribution in [3.05, 3.63) is 385 Å². The molecule has 134 heavy (non-hydrogen) atoms. The van der Waals surface area contributed by atoms with E-state index in [4.69, 9.17) is 5.26 Å². The van der Waals surface area contributed by atoms with E-state index in [1.807, 2.05) is 291 Å². The van der Waals surface area contributed by atoms with Crippen LogP contribution in [0.1, 0.15) is 119 Å². The average Bonchev–Trinajstić information content (AvgIpc) is 1.56. The predicted molar refractivity (Wildman–Crippen MR) is 535 cm³/mol. The molecule has 0 spiro atoms. The summed E-state index contributed by atoms with van der Waals surface area (Å²) in [6, 6.07) is 104. The normalized spacial score (nSPS) is 11.5. The van der Waals surface area contributed by atoms with Crippen LogP contribution in [0.3, 0.4) is 0 Å². The van der Waals surface area contributed by atoms with Crippen LogP contribution in [0.2, 0.25) is 0 Å². The summed E-state index contributed by atoms with van der Waals surface area (Å²) in [7, 11) is 0. The minimum Gasteiger partial charge on any atom is -0.300 e. The number of alkyl halides is 2. The third-order valence-electron chi connectivity index (χ3n) is 22.4. The molecule has 0 unspecified atom stereocenters. The van der Waals surface area contributed by atoms with Gasteiger partial charge in [-0.15, -0.1) is 23.5 Å². The van der Waals surface area contributed by atoms with Gasteiger partial charge in [-0.2, -0.15) is 35.1 Å². The summed E-state index contributed by atoms with van der Waals surface area (Å²) in [5, 5.41) is 54.1. The summed E-state index contributed by atoms with van der Waals surface area (Å²) in [5.41, 5.74) is 15.7. The number of aromatic nitrogens is 4. The molecule has 0 bridgehead atoms. The first-order valence-corrected chi connectivity index (χ1v) is 47.0. The predicted octanol–water partition coefficient (Wildman–Crippen LogP) is 28.9. The van der Waals surface area contributed by atoms with Gasteiger partial charge in [0.2, 0.25) is 0 Å². The molecule has 0 amide bonds. The number of nitriles is 5. The number of halogens is 2. The quantitative estimate of drug-likeness (QED) is 0.0402. The zero-order valence-corrected chi connectivity index (χ0v) is 77.5. The first kappa shape index (κ1) is 95.0. The third kappa shape index (κ3) is 23.3. The second-order valence-electron chi connectivity index (χ2n) is 31.5. The van der Waals surface area contributed by atoms with Crippen LogP contribution in [0, 0.1) is 62.1 Å². The molecular weight excluding hydrogens is 1760 g/mol. The van der Waals surface area contributed by atoms with Gasteiger partial charge in [-0.05, 0) is 198 Å². The number of pyridine rings is 4. The van der Waals surface area contributed by atoms with Crippen molar-refractivity contribution in [2.45, 2.75) is 105 Å². The molecule has 1 saturated carbocycles. The molecule has 17 aromatic rings. The maximum atomic E-state index is 13.6. The number of Topliss-reactive ketones (excluding diaryl/α,β-unsaturated/α-hetero) is 5. The van der Waals surface area contributed by atoms with Crippen molar-refractivity contribution in [3.63, 3.8) is 0 Å². The monoisotopic (exact) mass is 1840 g/mol. The van der Waals surface area contributed by atoms with Crippen LogP contribution >= 0.6 is 58.8 Å². The highest BCUT2D eigenvalue weighted by Crippen LogP contribution is 2.53. The zero-order chi connectivity index (χ0) is 94.3. The molecule has 13 aromatic carbocycles. The van der Waals surface area contributed by atoms with Gasteiger partial charge in [0.1, 0.15) is 5.78 Å².